The van der Waals surface area contributed by atoms with E-state index in [0.717, 1.165) is 36.0 Å². The summed E-state index contributed by atoms with van der Waals surface area (Å²) in [6, 6.07) is 3.96. The Hall–Kier alpha value is -1.60. The highest BCUT2D eigenvalue weighted by Gasteiger charge is 2.42. The quantitative estimate of drug-likeness (QED) is 0.650. The summed E-state index contributed by atoms with van der Waals surface area (Å²) in [5.41, 5.74) is 2.10. The third kappa shape index (κ3) is 2.31. The molecule has 1 aromatic carbocycles. The number of phenols is 1. The molecule has 1 aromatic rings. The fourth-order valence-electron chi connectivity index (χ4n) is 2.75. The molecule has 0 unspecified atom stereocenters. The number of hydrogen-bond donors (Lipinski definition) is 1. The van der Waals surface area contributed by atoms with Crippen LogP contribution in [0, 0.1) is 6.92 Å². The number of nitrogens with zero attached hydrogens (tertiary/aromatic N) is 1. The van der Waals surface area contributed by atoms with Gasteiger partial charge in [0.1, 0.15) is 11.3 Å². The second kappa shape index (κ2) is 4.50. The van der Waals surface area contributed by atoms with Gasteiger partial charge in [-0.1, -0.05) is 32.4 Å². The zero-order chi connectivity index (χ0) is 14.3. The Kier molecular flexibility index (Phi) is 3.27. The van der Waals surface area contributed by atoms with Crippen molar-refractivity contribution in [3.05, 3.63) is 28.8 Å². The van der Waals surface area contributed by atoms with Crippen molar-refractivity contribution >= 4 is 6.08 Å². The number of aryl methyl sites for hydroxylation is 1. The number of phenolic OH excluding ortho intramolecular Hbond substituents is 1. The summed E-state index contributed by atoms with van der Waals surface area (Å²) in [7, 11) is 0. The van der Waals surface area contributed by atoms with Crippen LogP contribution in [0.4, 0.5) is 0 Å². The maximum absolute atomic E-state index is 10.7. The fourth-order valence-corrected chi connectivity index (χ4v) is 2.75. The molecule has 0 amide bonds. The van der Waals surface area contributed by atoms with E-state index in [0.29, 0.717) is 0 Å². The summed E-state index contributed by atoms with van der Waals surface area (Å²) >= 11 is 0. The van der Waals surface area contributed by atoms with Crippen molar-refractivity contribution in [3.8, 4) is 5.75 Å². The van der Waals surface area contributed by atoms with E-state index < -0.39 is 5.54 Å². The molecule has 0 heterocycles. The Balaban J connectivity index is 2.64. The number of aromatic hydroxyl groups is 1. The molecule has 1 aliphatic carbocycles. The molecule has 1 saturated carbocycles. The van der Waals surface area contributed by atoms with E-state index in [4.69, 9.17) is 0 Å². The minimum absolute atomic E-state index is 0.138. The SMILES string of the molecule is Cc1cc(C(C)(C)C)c(O)c(C2(N=C=O)CCC2)c1. The van der Waals surface area contributed by atoms with Crippen LogP contribution in [0.2, 0.25) is 0 Å². The fraction of sp³-hybridized carbons (Fsp3) is 0.562. The topological polar surface area (TPSA) is 49.7 Å². The van der Waals surface area contributed by atoms with Crippen LogP contribution in [-0.2, 0) is 15.7 Å². The van der Waals surface area contributed by atoms with Gasteiger partial charge in [-0.2, -0.15) is 4.99 Å². The molecule has 1 N–H and O–H groups in total. The second-order valence-electron chi connectivity index (χ2n) is 6.55. The van der Waals surface area contributed by atoms with E-state index in [2.05, 4.69) is 25.8 Å². The predicted molar refractivity (Wildman–Crippen MR) is 75.2 cm³/mol. The van der Waals surface area contributed by atoms with Gasteiger partial charge in [0.25, 0.3) is 0 Å². The van der Waals surface area contributed by atoms with E-state index >= 15 is 0 Å². The van der Waals surface area contributed by atoms with Crippen LogP contribution in [0.25, 0.3) is 0 Å². The molecular weight excluding hydrogens is 238 g/mol. The van der Waals surface area contributed by atoms with Crippen molar-refractivity contribution < 1.29 is 9.90 Å². The number of benzene rings is 1. The summed E-state index contributed by atoms with van der Waals surface area (Å²) in [5.74, 6) is 0.289. The first-order chi connectivity index (χ1) is 8.80. The lowest BCUT2D eigenvalue weighted by Gasteiger charge is -2.38. The Labute approximate surface area is 114 Å². The average Bonchev–Trinajstić information content (AvgIpc) is 2.25. The zero-order valence-corrected chi connectivity index (χ0v) is 12.1. The lowest BCUT2D eigenvalue weighted by Crippen LogP contribution is -2.32. The molecule has 102 valence electrons. The summed E-state index contributed by atoms with van der Waals surface area (Å²) in [6.45, 7) is 8.22. The summed E-state index contributed by atoms with van der Waals surface area (Å²) in [4.78, 5) is 14.7. The molecule has 0 radical (unpaired) electrons. The number of hydrogen-bond acceptors (Lipinski definition) is 3. The summed E-state index contributed by atoms with van der Waals surface area (Å²) in [5, 5.41) is 10.6. The molecule has 0 saturated heterocycles. The van der Waals surface area contributed by atoms with Gasteiger partial charge in [-0.3, -0.25) is 0 Å². The molecule has 0 aromatic heterocycles. The van der Waals surface area contributed by atoms with Gasteiger partial charge in [-0.05, 0) is 43.2 Å². The first-order valence-electron chi connectivity index (χ1n) is 6.74. The highest BCUT2D eigenvalue weighted by molar-refractivity contribution is 5.52. The molecule has 1 aliphatic rings. The third-order valence-corrected chi connectivity index (χ3v) is 4.00. The lowest BCUT2D eigenvalue weighted by atomic mass is 9.70. The van der Waals surface area contributed by atoms with Crippen molar-refractivity contribution in [1.82, 2.24) is 0 Å². The van der Waals surface area contributed by atoms with Crippen molar-refractivity contribution in [2.75, 3.05) is 0 Å². The molecule has 3 nitrogen and oxygen atoms in total. The van der Waals surface area contributed by atoms with Gasteiger partial charge in [-0.15, -0.1) is 0 Å². The Morgan fingerprint density at radius 3 is 2.37 bits per heavy atom. The Bertz CT molecular complexity index is 545. The first kappa shape index (κ1) is 13.8. The minimum Gasteiger partial charge on any atom is -0.507 e. The van der Waals surface area contributed by atoms with Crippen LogP contribution < -0.4 is 0 Å². The van der Waals surface area contributed by atoms with Crippen LogP contribution in [0.3, 0.4) is 0 Å². The minimum atomic E-state index is -0.544. The van der Waals surface area contributed by atoms with Gasteiger partial charge in [0.15, 0.2) is 0 Å². The van der Waals surface area contributed by atoms with E-state index in [1.807, 2.05) is 19.1 Å². The largest absolute Gasteiger partial charge is 0.507 e. The molecule has 2 rings (SSSR count). The predicted octanol–water partition coefficient (Wildman–Crippen LogP) is 3.71. The highest BCUT2D eigenvalue weighted by atomic mass is 16.3. The number of carbonyl (C=O) groups excluding carboxylic acids is 1. The zero-order valence-electron chi connectivity index (χ0n) is 12.1. The van der Waals surface area contributed by atoms with E-state index in [-0.39, 0.29) is 11.2 Å². The van der Waals surface area contributed by atoms with Gasteiger partial charge in [0.05, 0.1) is 0 Å². The van der Waals surface area contributed by atoms with Gasteiger partial charge in [0, 0.05) is 5.56 Å². The monoisotopic (exact) mass is 259 g/mol. The van der Waals surface area contributed by atoms with Crippen molar-refractivity contribution in [2.45, 2.75) is 57.9 Å². The van der Waals surface area contributed by atoms with Crippen LogP contribution >= 0.6 is 0 Å². The molecule has 19 heavy (non-hydrogen) atoms. The lowest BCUT2D eigenvalue weighted by molar-refractivity contribution is 0.246. The Morgan fingerprint density at radius 1 is 1.32 bits per heavy atom. The van der Waals surface area contributed by atoms with Crippen LogP contribution in [-0.4, -0.2) is 11.2 Å². The van der Waals surface area contributed by atoms with Crippen LogP contribution in [0.15, 0.2) is 17.1 Å². The molecule has 0 spiro atoms. The molecule has 1 fully saturated rings. The summed E-state index contributed by atoms with van der Waals surface area (Å²) < 4.78 is 0. The standard InChI is InChI=1S/C16H21NO2/c1-11-8-12(15(2,3)4)14(19)13(9-11)16(17-10-18)6-5-7-16/h8-9,19H,5-7H2,1-4H3. The number of isocyanates is 1. The highest BCUT2D eigenvalue weighted by Crippen LogP contribution is 2.50. The normalized spacial score (nSPS) is 17.5. The molecule has 0 atom stereocenters. The average molecular weight is 259 g/mol. The first-order valence-corrected chi connectivity index (χ1v) is 6.74. The third-order valence-electron chi connectivity index (χ3n) is 4.00. The second-order valence-corrected chi connectivity index (χ2v) is 6.55. The smallest absolute Gasteiger partial charge is 0.235 e. The van der Waals surface area contributed by atoms with Crippen molar-refractivity contribution in [1.29, 1.82) is 0 Å². The maximum atomic E-state index is 10.7. The molecule has 3 heteroatoms. The van der Waals surface area contributed by atoms with Gasteiger partial charge >= 0.3 is 0 Å². The van der Waals surface area contributed by atoms with Crippen molar-refractivity contribution in [2.24, 2.45) is 4.99 Å². The van der Waals surface area contributed by atoms with Crippen LogP contribution in [0.1, 0.15) is 56.7 Å². The van der Waals surface area contributed by atoms with Crippen LogP contribution in [0.5, 0.6) is 5.75 Å². The number of aliphatic imine (C=N–C) groups is 1. The van der Waals surface area contributed by atoms with Crippen molar-refractivity contribution in [3.63, 3.8) is 0 Å². The van der Waals surface area contributed by atoms with Gasteiger partial charge < -0.3 is 5.11 Å². The molecule has 0 aliphatic heterocycles. The Morgan fingerprint density at radius 2 is 1.95 bits per heavy atom. The number of rotatable bonds is 2. The van der Waals surface area contributed by atoms with E-state index in [9.17, 15) is 9.90 Å². The van der Waals surface area contributed by atoms with Gasteiger partial charge in [-0.25, -0.2) is 4.79 Å². The summed E-state index contributed by atoms with van der Waals surface area (Å²) in [6.07, 6.45) is 4.33. The van der Waals surface area contributed by atoms with E-state index in [1.165, 1.54) is 0 Å². The van der Waals surface area contributed by atoms with Gasteiger partial charge in [0.2, 0.25) is 6.08 Å². The maximum Gasteiger partial charge on any atom is 0.235 e. The molecule has 0 bridgehead atoms. The molecular formula is C16H21NO2. The van der Waals surface area contributed by atoms with E-state index in [1.54, 1.807) is 6.08 Å².